The van der Waals surface area contributed by atoms with E-state index in [-0.39, 0.29) is 17.9 Å². The standard InChI is InChI=1S/C20H22N2O2/c1-14-8-10-17(11-9-14)22-19(24)20(12-13-20)18(23)21-15(2)16-6-4-3-5-7-16/h3-11,15H,12-13H2,1-2H3,(H,21,23)(H,22,24). The number of amides is 2. The summed E-state index contributed by atoms with van der Waals surface area (Å²) in [6, 6.07) is 17.2. The number of rotatable bonds is 5. The van der Waals surface area contributed by atoms with Crippen LogP contribution in [0.5, 0.6) is 0 Å². The zero-order chi connectivity index (χ0) is 17.2. The molecule has 3 rings (SSSR count). The first-order chi connectivity index (χ1) is 11.5. The minimum absolute atomic E-state index is 0.122. The predicted octanol–water partition coefficient (Wildman–Crippen LogP) is 3.59. The minimum Gasteiger partial charge on any atom is -0.349 e. The van der Waals surface area contributed by atoms with E-state index in [2.05, 4.69) is 10.6 Å². The fourth-order valence-electron chi connectivity index (χ4n) is 2.73. The van der Waals surface area contributed by atoms with Gasteiger partial charge in [-0.3, -0.25) is 9.59 Å². The largest absolute Gasteiger partial charge is 0.349 e. The third-order valence-corrected chi connectivity index (χ3v) is 4.58. The van der Waals surface area contributed by atoms with Gasteiger partial charge in [-0.25, -0.2) is 0 Å². The van der Waals surface area contributed by atoms with Crippen LogP contribution in [0.4, 0.5) is 5.69 Å². The van der Waals surface area contributed by atoms with Crippen LogP contribution in [0.15, 0.2) is 54.6 Å². The summed E-state index contributed by atoms with van der Waals surface area (Å²) in [6.45, 7) is 3.92. The Labute approximate surface area is 142 Å². The van der Waals surface area contributed by atoms with E-state index in [1.807, 2.05) is 68.4 Å². The molecule has 124 valence electrons. The average Bonchev–Trinajstić information content (AvgIpc) is 3.39. The van der Waals surface area contributed by atoms with Gasteiger partial charge in [-0.15, -0.1) is 0 Å². The normalized spacial score (nSPS) is 16.1. The van der Waals surface area contributed by atoms with Gasteiger partial charge in [0.25, 0.3) is 0 Å². The number of nitrogens with one attached hydrogen (secondary N) is 2. The van der Waals surface area contributed by atoms with Crippen LogP contribution in [0.1, 0.15) is 36.9 Å². The summed E-state index contributed by atoms with van der Waals surface area (Å²) in [7, 11) is 0. The van der Waals surface area contributed by atoms with E-state index in [0.717, 1.165) is 16.8 Å². The van der Waals surface area contributed by atoms with E-state index in [1.54, 1.807) is 0 Å². The molecular weight excluding hydrogens is 300 g/mol. The van der Waals surface area contributed by atoms with Crippen LogP contribution < -0.4 is 10.6 Å². The van der Waals surface area contributed by atoms with E-state index in [4.69, 9.17) is 0 Å². The summed E-state index contributed by atoms with van der Waals surface area (Å²) >= 11 is 0. The fraction of sp³-hybridized carbons (Fsp3) is 0.300. The van der Waals surface area contributed by atoms with Gasteiger partial charge in [0.15, 0.2) is 0 Å². The Morgan fingerprint density at radius 1 is 0.958 bits per heavy atom. The molecule has 0 spiro atoms. The van der Waals surface area contributed by atoms with Gasteiger partial charge >= 0.3 is 0 Å². The molecule has 1 fully saturated rings. The van der Waals surface area contributed by atoms with E-state index in [9.17, 15) is 9.59 Å². The summed E-state index contributed by atoms with van der Waals surface area (Å²) in [5.74, 6) is -0.410. The molecule has 1 aliphatic rings. The summed E-state index contributed by atoms with van der Waals surface area (Å²) in [4.78, 5) is 25.2. The SMILES string of the molecule is Cc1ccc(NC(=O)C2(C(=O)NC(C)c3ccccc3)CC2)cc1. The van der Waals surface area contributed by atoms with Crippen molar-refractivity contribution in [1.29, 1.82) is 0 Å². The number of carbonyl (C=O) groups is 2. The molecule has 0 heterocycles. The van der Waals surface area contributed by atoms with Crippen LogP contribution in [0.25, 0.3) is 0 Å². The third kappa shape index (κ3) is 3.32. The highest BCUT2D eigenvalue weighted by atomic mass is 16.2. The number of hydrogen-bond donors (Lipinski definition) is 2. The second-order valence-electron chi connectivity index (χ2n) is 6.51. The highest BCUT2D eigenvalue weighted by molar-refractivity contribution is 6.13. The first kappa shape index (κ1) is 16.2. The van der Waals surface area contributed by atoms with Gasteiger partial charge < -0.3 is 10.6 Å². The number of anilines is 1. The summed E-state index contributed by atoms with van der Waals surface area (Å²) in [5.41, 5.74) is 1.96. The molecule has 24 heavy (non-hydrogen) atoms. The molecule has 2 amide bonds. The van der Waals surface area contributed by atoms with Crippen molar-refractivity contribution in [3.05, 3.63) is 65.7 Å². The molecular formula is C20H22N2O2. The minimum atomic E-state index is -0.923. The van der Waals surface area contributed by atoms with E-state index >= 15 is 0 Å². The fourth-order valence-corrected chi connectivity index (χ4v) is 2.73. The molecule has 1 unspecified atom stereocenters. The van der Waals surface area contributed by atoms with Gasteiger partial charge in [-0.1, -0.05) is 48.0 Å². The lowest BCUT2D eigenvalue weighted by molar-refractivity contribution is -0.134. The lowest BCUT2D eigenvalue weighted by Gasteiger charge is -2.19. The van der Waals surface area contributed by atoms with Crippen LogP contribution in [-0.2, 0) is 9.59 Å². The molecule has 0 saturated heterocycles. The highest BCUT2D eigenvalue weighted by Crippen LogP contribution is 2.47. The zero-order valence-corrected chi connectivity index (χ0v) is 14.0. The average molecular weight is 322 g/mol. The second kappa shape index (κ2) is 6.48. The van der Waals surface area contributed by atoms with Crippen molar-refractivity contribution in [2.24, 2.45) is 5.41 Å². The van der Waals surface area contributed by atoms with E-state index in [1.165, 1.54) is 0 Å². The van der Waals surface area contributed by atoms with Crippen LogP contribution in [0.2, 0.25) is 0 Å². The lowest BCUT2D eigenvalue weighted by atomic mass is 10.0. The summed E-state index contributed by atoms with van der Waals surface area (Å²) in [6.07, 6.45) is 1.19. The molecule has 2 N–H and O–H groups in total. The number of benzene rings is 2. The van der Waals surface area contributed by atoms with Crippen LogP contribution in [0, 0.1) is 12.3 Å². The molecule has 2 aromatic carbocycles. The van der Waals surface area contributed by atoms with Gasteiger partial charge in [0.1, 0.15) is 5.41 Å². The molecule has 2 aromatic rings. The van der Waals surface area contributed by atoms with Crippen LogP contribution in [0.3, 0.4) is 0 Å². The molecule has 1 aliphatic carbocycles. The quantitative estimate of drug-likeness (QED) is 0.827. The van der Waals surface area contributed by atoms with Crippen LogP contribution in [-0.4, -0.2) is 11.8 Å². The molecule has 4 nitrogen and oxygen atoms in total. The lowest BCUT2D eigenvalue weighted by Crippen LogP contribution is -2.41. The van der Waals surface area contributed by atoms with Gasteiger partial charge in [-0.2, -0.15) is 0 Å². The monoisotopic (exact) mass is 322 g/mol. The predicted molar refractivity (Wildman–Crippen MR) is 94.5 cm³/mol. The Morgan fingerprint density at radius 2 is 1.58 bits per heavy atom. The first-order valence-corrected chi connectivity index (χ1v) is 8.25. The van der Waals surface area contributed by atoms with E-state index < -0.39 is 5.41 Å². The van der Waals surface area contributed by atoms with Crippen molar-refractivity contribution in [2.75, 3.05) is 5.32 Å². The molecule has 0 aromatic heterocycles. The Kier molecular flexibility index (Phi) is 4.38. The molecule has 0 bridgehead atoms. The molecule has 1 saturated carbocycles. The highest BCUT2D eigenvalue weighted by Gasteiger charge is 2.56. The zero-order valence-electron chi connectivity index (χ0n) is 14.0. The Hall–Kier alpha value is -2.62. The van der Waals surface area contributed by atoms with Crippen LogP contribution >= 0.6 is 0 Å². The number of aryl methyl sites for hydroxylation is 1. The number of hydrogen-bond acceptors (Lipinski definition) is 2. The van der Waals surface area contributed by atoms with Crippen molar-refractivity contribution in [3.8, 4) is 0 Å². The topological polar surface area (TPSA) is 58.2 Å². The first-order valence-electron chi connectivity index (χ1n) is 8.25. The molecule has 0 aliphatic heterocycles. The summed E-state index contributed by atoms with van der Waals surface area (Å²) in [5, 5.41) is 5.84. The molecule has 4 heteroatoms. The van der Waals surface area contributed by atoms with Crippen molar-refractivity contribution in [2.45, 2.75) is 32.7 Å². The summed E-state index contributed by atoms with van der Waals surface area (Å²) < 4.78 is 0. The Balaban J connectivity index is 1.65. The van der Waals surface area contributed by atoms with Crippen molar-refractivity contribution < 1.29 is 9.59 Å². The van der Waals surface area contributed by atoms with Gasteiger partial charge in [0.2, 0.25) is 11.8 Å². The Morgan fingerprint density at radius 3 is 2.17 bits per heavy atom. The van der Waals surface area contributed by atoms with E-state index in [0.29, 0.717) is 12.8 Å². The van der Waals surface area contributed by atoms with Gasteiger partial charge in [0.05, 0.1) is 6.04 Å². The second-order valence-corrected chi connectivity index (χ2v) is 6.51. The Bertz CT molecular complexity index is 734. The van der Waals surface area contributed by atoms with Crippen molar-refractivity contribution >= 4 is 17.5 Å². The molecule has 1 atom stereocenters. The maximum absolute atomic E-state index is 12.6. The smallest absolute Gasteiger partial charge is 0.240 e. The number of carbonyl (C=O) groups excluding carboxylic acids is 2. The van der Waals surface area contributed by atoms with Crippen molar-refractivity contribution in [1.82, 2.24) is 5.32 Å². The molecule has 0 radical (unpaired) electrons. The van der Waals surface area contributed by atoms with Gasteiger partial charge in [0, 0.05) is 5.69 Å². The maximum Gasteiger partial charge on any atom is 0.240 e. The van der Waals surface area contributed by atoms with Gasteiger partial charge in [-0.05, 0) is 44.4 Å². The third-order valence-electron chi connectivity index (χ3n) is 4.58. The maximum atomic E-state index is 12.6. The van der Waals surface area contributed by atoms with Crippen molar-refractivity contribution in [3.63, 3.8) is 0 Å².